The van der Waals surface area contributed by atoms with E-state index in [2.05, 4.69) is 16.0 Å². The molecule has 1 aliphatic heterocycles. The number of rotatable bonds is 7. The molecule has 0 aliphatic carbocycles. The first kappa shape index (κ1) is 21.7. The Hall–Kier alpha value is -3.00. The number of hydrogen-bond donors (Lipinski definition) is 3. The Morgan fingerprint density at radius 3 is 2.67 bits per heavy atom. The number of nitrogens with one attached hydrogen (secondary N) is 3. The van der Waals surface area contributed by atoms with Gasteiger partial charge in [0.15, 0.2) is 0 Å². The molecule has 1 unspecified atom stereocenters. The minimum Gasteiger partial charge on any atom is -0.383 e. The van der Waals surface area contributed by atoms with Crippen LogP contribution >= 0.6 is 0 Å². The molecule has 5 nitrogen and oxygen atoms in total. The van der Waals surface area contributed by atoms with Gasteiger partial charge in [-0.2, -0.15) is 13.2 Å². The van der Waals surface area contributed by atoms with E-state index in [-0.39, 0.29) is 23.3 Å². The molecule has 0 aromatic heterocycles. The van der Waals surface area contributed by atoms with Gasteiger partial charge in [-0.25, -0.2) is 0 Å². The average molecular weight is 419 g/mol. The number of ether oxygens (including phenoxy) is 1. The van der Waals surface area contributed by atoms with Gasteiger partial charge in [-0.3, -0.25) is 4.79 Å². The molecular weight excluding hydrogens is 395 g/mol. The maximum Gasteiger partial charge on any atom is 0.418 e. The highest BCUT2D eigenvalue weighted by atomic mass is 19.4. The van der Waals surface area contributed by atoms with Crippen LogP contribution in [0.4, 0.5) is 30.2 Å². The lowest BCUT2D eigenvalue weighted by molar-refractivity contribution is -0.137. The molecule has 0 saturated heterocycles. The summed E-state index contributed by atoms with van der Waals surface area (Å²) in [6, 6.07) is 9.21. The summed E-state index contributed by atoms with van der Waals surface area (Å²) in [5.74, 6) is -0.300. The summed E-state index contributed by atoms with van der Waals surface area (Å²) in [5.41, 5.74) is 2.15. The Bertz CT molecular complexity index is 971. The van der Waals surface area contributed by atoms with E-state index >= 15 is 0 Å². The van der Waals surface area contributed by atoms with Crippen molar-refractivity contribution in [1.82, 2.24) is 0 Å². The van der Waals surface area contributed by atoms with Crippen molar-refractivity contribution in [2.75, 3.05) is 29.7 Å². The third-order valence-electron chi connectivity index (χ3n) is 4.96. The lowest BCUT2D eigenvalue weighted by atomic mass is 10.0. The first-order valence-corrected chi connectivity index (χ1v) is 9.59. The van der Waals surface area contributed by atoms with Gasteiger partial charge >= 0.3 is 6.18 Å². The first-order chi connectivity index (χ1) is 14.2. The molecule has 1 heterocycles. The van der Waals surface area contributed by atoms with Crippen molar-refractivity contribution in [3.05, 3.63) is 59.3 Å². The molecule has 2 aromatic carbocycles. The van der Waals surface area contributed by atoms with Gasteiger partial charge in [0.1, 0.15) is 0 Å². The number of halogens is 3. The molecule has 30 heavy (non-hydrogen) atoms. The zero-order valence-corrected chi connectivity index (χ0v) is 17.0. The van der Waals surface area contributed by atoms with Crippen LogP contribution in [-0.2, 0) is 15.7 Å². The van der Waals surface area contributed by atoms with Gasteiger partial charge in [-0.15, -0.1) is 0 Å². The molecule has 0 radical (unpaired) electrons. The van der Waals surface area contributed by atoms with E-state index in [9.17, 15) is 18.0 Å². The highest BCUT2D eigenvalue weighted by molar-refractivity contribution is 6.32. The monoisotopic (exact) mass is 419 g/mol. The van der Waals surface area contributed by atoms with E-state index in [1.165, 1.54) is 19.4 Å². The van der Waals surface area contributed by atoms with Gasteiger partial charge in [0.2, 0.25) is 0 Å². The van der Waals surface area contributed by atoms with E-state index in [1.807, 2.05) is 26.0 Å². The van der Waals surface area contributed by atoms with Crippen LogP contribution < -0.4 is 16.0 Å². The summed E-state index contributed by atoms with van der Waals surface area (Å²) in [6.07, 6.45) is -2.48. The van der Waals surface area contributed by atoms with E-state index < -0.39 is 11.7 Å². The minimum atomic E-state index is -4.54. The molecule has 0 fully saturated rings. The first-order valence-electron chi connectivity index (χ1n) is 9.59. The molecule has 1 atom stereocenters. The van der Waals surface area contributed by atoms with Crippen LogP contribution in [0.5, 0.6) is 0 Å². The molecular formula is C22H24F3N3O2. The molecule has 1 amide bonds. The standard InChI is InChI=1S/C22H24F3N3O2/c1-4-14(12-30-3)27-18-9-8-15(10-17(18)22(23,24)25)26-11-16-20-13(2)6-5-7-19(20)28-21(16)29/h5-11,14,26-27H,4,12H2,1-3H3,(H,28,29)/b16-11-. The van der Waals surface area contributed by atoms with Crippen LogP contribution in [0.25, 0.3) is 5.57 Å². The number of amides is 1. The highest BCUT2D eigenvalue weighted by Crippen LogP contribution is 2.38. The van der Waals surface area contributed by atoms with E-state index in [0.29, 0.717) is 24.3 Å². The summed E-state index contributed by atoms with van der Waals surface area (Å²) < 4.78 is 46.0. The van der Waals surface area contributed by atoms with Gasteiger partial charge in [0.05, 0.1) is 17.7 Å². The Balaban J connectivity index is 1.89. The average Bonchev–Trinajstić information content (AvgIpc) is 3.02. The predicted octanol–water partition coefficient (Wildman–Crippen LogP) is 5.26. The van der Waals surface area contributed by atoms with Crippen molar-refractivity contribution in [3.63, 3.8) is 0 Å². The molecule has 2 aromatic rings. The molecule has 0 saturated carbocycles. The van der Waals surface area contributed by atoms with Crippen LogP contribution in [0.2, 0.25) is 0 Å². The zero-order chi connectivity index (χ0) is 21.9. The van der Waals surface area contributed by atoms with Crippen molar-refractivity contribution in [1.29, 1.82) is 0 Å². The lowest BCUT2D eigenvalue weighted by Gasteiger charge is -2.21. The largest absolute Gasteiger partial charge is 0.418 e. The number of fused-ring (bicyclic) bond motifs is 1. The topological polar surface area (TPSA) is 62.4 Å². The third kappa shape index (κ3) is 4.59. The Kier molecular flexibility index (Phi) is 6.36. The van der Waals surface area contributed by atoms with Gasteiger partial charge in [0, 0.05) is 42.0 Å². The summed E-state index contributed by atoms with van der Waals surface area (Å²) in [6.45, 7) is 4.05. The summed E-state index contributed by atoms with van der Waals surface area (Å²) in [7, 11) is 1.51. The fraction of sp³-hybridized carbons (Fsp3) is 0.318. The second kappa shape index (κ2) is 8.79. The normalized spacial score (nSPS) is 15.7. The Morgan fingerprint density at radius 2 is 2.00 bits per heavy atom. The number of alkyl halides is 3. The zero-order valence-electron chi connectivity index (χ0n) is 17.0. The third-order valence-corrected chi connectivity index (χ3v) is 4.96. The van der Waals surface area contributed by atoms with Crippen molar-refractivity contribution >= 4 is 28.5 Å². The summed E-state index contributed by atoms with van der Waals surface area (Å²) >= 11 is 0. The number of methoxy groups -OCH3 is 1. The van der Waals surface area contributed by atoms with Gasteiger partial charge in [-0.1, -0.05) is 19.1 Å². The SMILES string of the molecule is CCC(COC)Nc1ccc(N/C=C2\C(=O)Nc3cccc(C)c32)cc1C(F)(F)F. The van der Waals surface area contributed by atoms with Crippen molar-refractivity contribution in [2.45, 2.75) is 32.5 Å². The van der Waals surface area contributed by atoms with Crippen molar-refractivity contribution < 1.29 is 22.7 Å². The number of hydrogen-bond acceptors (Lipinski definition) is 4. The Labute approximate surface area is 173 Å². The van der Waals surface area contributed by atoms with Gasteiger partial charge < -0.3 is 20.7 Å². The molecule has 3 rings (SSSR count). The van der Waals surface area contributed by atoms with Crippen LogP contribution in [-0.4, -0.2) is 25.7 Å². The maximum absolute atomic E-state index is 13.6. The van der Waals surface area contributed by atoms with Crippen LogP contribution in [0.1, 0.15) is 30.0 Å². The number of benzene rings is 2. The van der Waals surface area contributed by atoms with E-state index in [4.69, 9.17) is 4.74 Å². The second-order valence-corrected chi connectivity index (χ2v) is 7.12. The smallest absolute Gasteiger partial charge is 0.383 e. The molecule has 8 heteroatoms. The molecule has 1 aliphatic rings. The molecule has 0 spiro atoms. The molecule has 160 valence electrons. The quantitative estimate of drug-likeness (QED) is 0.536. The van der Waals surface area contributed by atoms with Crippen molar-refractivity contribution in [2.24, 2.45) is 0 Å². The highest BCUT2D eigenvalue weighted by Gasteiger charge is 2.34. The number of carbonyl (C=O) groups is 1. The number of anilines is 3. The minimum absolute atomic E-state index is 0.00981. The van der Waals surface area contributed by atoms with Gasteiger partial charge in [0.25, 0.3) is 5.91 Å². The van der Waals surface area contributed by atoms with Crippen molar-refractivity contribution in [3.8, 4) is 0 Å². The van der Waals surface area contributed by atoms with Crippen LogP contribution in [0.15, 0.2) is 42.6 Å². The molecule has 3 N–H and O–H groups in total. The fourth-order valence-electron chi connectivity index (χ4n) is 3.40. The second-order valence-electron chi connectivity index (χ2n) is 7.12. The Morgan fingerprint density at radius 1 is 1.23 bits per heavy atom. The fourth-order valence-corrected chi connectivity index (χ4v) is 3.40. The predicted molar refractivity (Wildman–Crippen MR) is 112 cm³/mol. The van der Waals surface area contributed by atoms with E-state index in [1.54, 1.807) is 12.1 Å². The maximum atomic E-state index is 13.6. The number of aryl methyl sites for hydroxylation is 1. The lowest BCUT2D eigenvalue weighted by Crippen LogP contribution is -2.25. The van der Waals surface area contributed by atoms with E-state index in [0.717, 1.165) is 17.2 Å². The van der Waals surface area contributed by atoms with Gasteiger partial charge in [-0.05, 0) is 43.2 Å². The van der Waals surface area contributed by atoms with Crippen LogP contribution in [0.3, 0.4) is 0 Å². The van der Waals surface area contributed by atoms with Crippen LogP contribution in [0, 0.1) is 6.92 Å². The number of carbonyl (C=O) groups excluding carboxylic acids is 1. The summed E-state index contributed by atoms with van der Waals surface area (Å²) in [4.78, 5) is 12.3. The molecule has 0 bridgehead atoms. The summed E-state index contributed by atoms with van der Waals surface area (Å²) in [5, 5.41) is 8.51.